The van der Waals surface area contributed by atoms with E-state index in [-0.39, 0.29) is 19.2 Å². The number of unbranched alkanes of at least 4 members (excludes halogenated alkanes) is 6. The van der Waals surface area contributed by atoms with Crippen LogP contribution in [-0.4, -0.2) is 53.8 Å². The van der Waals surface area contributed by atoms with Crippen molar-refractivity contribution in [2.75, 3.05) is 26.3 Å². The zero-order valence-corrected chi connectivity index (χ0v) is 18.3. The molecular formula is C19H37N2O5P. The molecule has 0 N–H and O–H groups in total. The summed E-state index contributed by atoms with van der Waals surface area (Å²) >= 11 is 0. The van der Waals surface area contributed by atoms with Crippen LogP contribution in [0.1, 0.15) is 79.1 Å². The minimum absolute atomic E-state index is 0.162. The SMILES string of the molecule is CCCCCCN1C(=O)C(P(=O)(OCC)OCC)N(CCCCCC)C1=O. The standard InChI is InChI=1S/C19H37N2O5P/c1-5-9-11-13-15-20-17(22)18(27(24,25-7-3)26-8-4)21(19(20)23)16-14-12-10-6-2/h18H,5-16H2,1-4H3. The van der Waals surface area contributed by atoms with Gasteiger partial charge in [0.05, 0.1) is 13.2 Å². The van der Waals surface area contributed by atoms with E-state index < -0.39 is 19.3 Å². The van der Waals surface area contributed by atoms with Crippen molar-refractivity contribution < 1.29 is 23.2 Å². The van der Waals surface area contributed by atoms with Crippen LogP contribution in [0.5, 0.6) is 0 Å². The summed E-state index contributed by atoms with van der Waals surface area (Å²) in [6.07, 6.45) is 7.75. The van der Waals surface area contributed by atoms with Crippen molar-refractivity contribution in [2.24, 2.45) is 0 Å². The molecule has 8 heteroatoms. The average molecular weight is 404 g/mol. The first kappa shape index (κ1) is 24.1. The Bertz CT molecular complexity index is 504. The molecule has 1 heterocycles. The summed E-state index contributed by atoms with van der Waals surface area (Å²) in [5.41, 5.74) is 0. The maximum absolute atomic E-state index is 13.3. The predicted octanol–water partition coefficient (Wildman–Crippen LogP) is 5.00. The molecule has 0 aliphatic carbocycles. The van der Waals surface area contributed by atoms with Crippen molar-refractivity contribution in [1.29, 1.82) is 0 Å². The Kier molecular flexibility index (Phi) is 11.2. The van der Waals surface area contributed by atoms with Crippen LogP contribution in [0.3, 0.4) is 0 Å². The lowest BCUT2D eigenvalue weighted by Gasteiger charge is -2.27. The van der Waals surface area contributed by atoms with E-state index in [0.29, 0.717) is 13.1 Å². The maximum Gasteiger partial charge on any atom is 0.362 e. The van der Waals surface area contributed by atoms with Gasteiger partial charge in [-0.1, -0.05) is 52.4 Å². The summed E-state index contributed by atoms with van der Waals surface area (Å²) in [5, 5.41) is 0. The number of urea groups is 1. The number of carbonyl (C=O) groups is 2. The van der Waals surface area contributed by atoms with E-state index in [1.807, 2.05) is 0 Å². The molecular weight excluding hydrogens is 367 g/mol. The Hall–Kier alpha value is -0.910. The second-order valence-electron chi connectivity index (χ2n) is 6.84. The molecule has 1 aliphatic heterocycles. The van der Waals surface area contributed by atoms with E-state index in [1.165, 1.54) is 9.80 Å². The van der Waals surface area contributed by atoms with Gasteiger partial charge in [0.1, 0.15) is 0 Å². The summed E-state index contributed by atoms with van der Waals surface area (Å²) in [7, 11) is -3.74. The van der Waals surface area contributed by atoms with E-state index in [2.05, 4.69) is 13.8 Å². The number of carbonyl (C=O) groups excluding carboxylic acids is 2. The first-order valence-corrected chi connectivity index (χ1v) is 12.1. The molecule has 0 aromatic rings. The van der Waals surface area contributed by atoms with Gasteiger partial charge in [-0.3, -0.25) is 14.3 Å². The highest BCUT2D eigenvalue weighted by Gasteiger charge is 2.55. The van der Waals surface area contributed by atoms with Gasteiger partial charge in [0.25, 0.3) is 5.91 Å². The van der Waals surface area contributed by atoms with Crippen LogP contribution in [0.25, 0.3) is 0 Å². The van der Waals surface area contributed by atoms with Crippen molar-refractivity contribution in [2.45, 2.75) is 84.8 Å². The fraction of sp³-hybridized carbons (Fsp3) is 0.895. The largest absolute Gasteiger partial charge is 0.362 e. The summed E-state index contributed by atoms with van der Waals surface area (Å²) in [6.45, 7) is 8.72. The Balaban J connectivity index is 2.99. The fourth-order valence-electron chi connectivity index (χ4n) is 3.30. The molecule has 27 heavy (non-hydrogen) atoms. The molecule has 0 saturated carbocycles. The van der Waals surface area contributed by atoms with Crippen molar-refractivity contribution in [3.05, 3.63) is 0 Å². The smallest absolute Gasteiger partial charge is 0.307 e. The number of imide groups is 1. The van der Waals surface area contributed by atoms with Gasteiger partial charge in [-0.25, -0.2) is 4.79 Å². The van der Waals surface area contributed by atoms with Crippen LogP contribution in [-0.2, 0) is 18.4 Å². The van der Waals surface area contributed by atoms with Crippen LogP contribution in [0.2, 0.25) is 0 Å². The molecule has 0 radical (unpaired) electrons. The molecule has 1 fully saturated rings. The van der Waals surface area contributed by atoms with Crippen molar-refractivity contribution in [3.63, 3.8) is 0 Å². The van der Waals surface area contributed by atoms with Crippen LogP contribution in [0.15, 0.2) is 0 Å². The molecule has 158 valence electrons. The lowest BCUT2D eigenvalue weighted by molar-refractivity contribution is -0.126. The molecule has 0 aromatic carbocycles. The van der Waals surface area contributed by atoms with Gasteiger partial charge in [0.2, 0.25) is 5.78 Å². The third-order valence-corrected chi connectivity index (χ3v) is 7.00. The van der Waals surface area contributed by atoms with Gasteiger partial charge in [-0.15, -0.1) is 0 Å². The minimum atomic E-state index is -3.74. The number of hydrogen-bond donors (Lipinski definition) is 0. The first-order valence-electron chi connectivity index (χ1n) is 10.5. The van der Waals surface area contributed by atoms with Crippen molar-refractivity contribution in [1.82, 2.24) is 9.80 Å². The Morgan fingerprint density at radius 2 is 1.33 bits per heavy atom. The molecule has 1 atom stereocenters. The van der Waals surface area contributed by atoms with E-state index >= 15 is 0 Å². The highest BCUT2D eigenvalue weighted by atomic mass is 31.2. The normalized spacial score (nSPS) is 18.0. The second kappa shape index (κ2) is 12.5. The number of hydrogen-bond acceptors (Lipinski definition) is 5. The third kappa shape index (κ3) is 6.58. The van der Waals surface area contributed by atoms with Gasteiger partial charge in [0.15, 0.2) is 0 Å². The summed E-state index contributed by atoms with van der Waals surface area (Å²) in [5.74, 6) is -1.60. The Morgan fingerprint density at radius 1 is 0.815 bits per heavy atom. The molecule has 0 spiro atoms. The quantitative estimate of drug-likeness (QED) is 0.218. The van der Waals surface area contributed by atoms with E-state index in [0.717, 1.165) is 51.4 Å². The number of nitrogens with zero attached hydrogens (tertiary/aromatic N) is 2. The zero-order valence-electron chi connectivity index (χ0n) is 17.4. The molecule has 1 aliphatic rings. The lowest BCUT2D eigenvalue weighted by atomic mass is 10.2. The molecule has 1 rings (SSSR count). The molecule has 7 nitrogen and oxygen atoms in total. The van der Waals surface area contributed by atoms with Crippen molar-refractivity contribution in [3.8, 4) is 0 Å². The van der Waals surface area contributed by atoms with E-state index in [4.69, 9.17) is 9.05 Å². The Morgan fingerprint density at radius 3 is 1.81 bits per heavy atom. The molecule has 1 unspecified atom stereocenters. The highest BCUT2D eigenvalue weighted by Crippen LogP contribution is 2.56. The first-order chi connectivity index (χ1) is 13.0. The van der Waals surface area contributed by atoms with Crippen LogP contribution in [0, 0.1) is 0 Å². The summed E-state index contributed by atoms with van der Waals surface area (Å²) in [4.78, 5) is 28.6. The molecule has 1 saturated heterocycles. The van der Waals surface area contributed by atoms with Gasteiger partial charge < -0.3 is 13.9 Å². The van der Waals surface area contributed by atoms with Gasteiger partial charge in [-0.2, -0.15) is 0 Å². The van der Waals surface area contributed by atoms with E-state index in [1.54, 1.807) is 13.8 Å². The van der Waals surface area contributed by atoms with Crippen molar-refractivity contribution >= 4 is 19.5 Å². The zero-order chi connectivity index (χ0) is 20.3. The monoisotopic (exact) mass is 404 g/mol. The average Bonchev–Trinajstić information content (AvgIpc) is 2.87. The van der Waals surface area contributed by atoms with Gasteiger partial charge >= 0.3 is 13.6 Å². The highest BCUT2D eigenvalue weighted by molar-refractivity contribution is 7.55. The molecule has 0 aromatic heterocycles. The van der Waals surface area contributed by atoms with E-state index in [9.17, 15) is 14.2 Å². The third-order valence-electron chi connectivity index (χ3n) is 4.66. The Labute approximate surface area is 164 Å². The minimum Gasteiger partial charge on any atom is -0.307 e. The number of rotatable bonds is 15. The van der Waals surface area contributed by atoms with Crippen LogP contribution in [0.4, 0.5) is 4.79 Å². The number of amides is 3. The second-order valence-corrected chi connectivity index (χ2v) is 8.92. The van der Waals surface area contributed by atoms with Crippen LogP contribution >= 0.6 is 7.60 Å². The van der Waals surface area contributed by atoms with Gasteiger partial charge in [-0.05, 0) is 26.7 Å². The lowest BCUT2D eigenvalue weighted by Crippen LogP contribution is -2.37. The van der Waals surface area contributed by atoms with Gasteiger partial charge in [0, 0.05) is 13.1 Å². The van der Waals surface area contributed by atoms with Crippen LogP contribution < -0.4 is 0 Å². The molecule has 0 bridgehead atoms. The predicted molar refractivity (Wildman–Crippen MR) is 107 cm³/mol. The maximum atomic E-state index is 13.3. The molecule has 3 amide bonds. The fourth-order valence-corrected chi connectivity index (χ4v) is 5.34. The summed E-state index contributed by atoms with van der Waals surface area (Å²) in [6, 6.07) is -0.363. The topological polar surface area (TPSA) is 76.2 Å². The summed E-state index contributed by atoms with van der Waals surface area (Å²) < 4.78 is 24.1.